The molecule has 2 aromatic rings. The maximum atomic E-state index is 13.8. The first kappa shape index (κ1) is 17.3. The van der Waals surface area contributed by atoms with Crippen molar-refractivity contribution in [2.75, 3.05) is 13.7 Å². The number of halogens is 2. The van der Waals surface area contributed by atoms with E-state index in [1.54, 1.807) is 18.1 Å². The van der Waals surface area contributed by atoms with Gasteiger partial charge in [-0.1, -0.05) is 29.8 Å². The highest BCUT2D eigenvalue weighted by atomic mass is 35.5. The summed E-state index contributed by atoms with van der Waals surface area (Å²) in [5.74, 6) is 0.155. The maximum absolute atomic E-state index is 13.8. The first-order valence-corrected chi connectivity index (χ1v) is 7.76. The van der Waals surface area contributed by atoms with Crippen LogP contribution < -0.4 is 4.74 Å². The average molecular weight is 336 g/mol. The maximum Gasteiger partial charge on any atom is 0.227 e. The Kier molecular flexibility index (Phi) is 5.99. The van der Waals surface area contributed by atoms with Crippen LogP contribution in [0.1, 0.15) is 18.1 Å². The number of carbonyl (C=O) groups excluding carboxylic acids is 1. The van der Waals surface area contributed by atoms with E-state index in [1.165, 1.54) is 12.1 Å². The van der Waals surface area contributed by atoms with Gasteiger partial charge < -0.3 is 9.64 Å². The minimum atomic E-state index is -0.452. The van der Waals surface area contributed by atoms with E-state index in [0.717, 1.165) is 11.3 Å². The predicted octanol–water partition coefficient (Wildman–Crippen LogP) is 4.08. The molecule has 0 saturated carbocycles. The molecule has 1 amide bonds. The van der Waals surface area contributed by atoms with Crippen molar-refractivity contribution in [2.24, 2.45) is 0 Å². The number of benzene rings is 2. The van der Waals surface area contributed by atoms with Crippen LogP contribution in [0.25, 0.3) is 0 Å². The molecule has 5 heteroatoms. The van der Waals surface area contributed by atoms with Crippen molar-refractivity contribution in [3.05, 3.63) is 64.4 Å². The topological polar surface area (TPSA) is 29.5 Å². The lowest BCUT2D eigenvalue weighted by Gasteiger charge is -2.21. The lowest BCUT2D eigenvalue weighted by molar-refractivity contribution is -0.130. The third kappa shape index (κ3) is 4.45. The normalized spacial score (nSPS) is 10.4. The number of nitrogens with zero attached hydrogens (tertiary/aromatic N) is 1. The van der Waals surface area contributed by atoms with Gasteiger partial charge in [-0.05, 0) is 36.8 Å². The average Bonchev–Trinajstić information content (AvgIpc) is 2.56. The summed E-state index contributed by atoms with van der Waals surface area (Å²) in [5, 5.41) is 0.277. The molecule has 23 heavy (non-hydrogen) atoms. The van der Waals surface area contributed by atoms with Crippen molar-refractivity contribution in [1.29, 1.82) is 0 Å². The van der Waals surface area contributed by atoms with Crippen molar-refractivity contribution >= 4 is 17.5 Å². The van der Waals surface area contributed by atoms with E-state index in [0.29, 0.717) is 13.1 Å². The van der Waals surface area contributed by atoms with Crippen molar-refractivity contribution < 1.29 is 13.9 Å². The predicted molar refractivity (Wildman–Crippen MR) is 89.2 cm³/mol. The van der Waals surface area contributed by atoms with E-state index in [4.69, 9.17) is 16.3 Å². The second-order valence-electron chi connectivity index (χ2n) is 5.13. The Balaban J connectivity index is 2.09. The van der Waals surface area contributed by atoms with E-state index in [1.807, 2.05) is 31.2 Å². The highest BCUT2D eigenvalue weighted by Gasteiger charge is 2.17. The van der Waals surface area contributed by atoms with E-state index in [-0.39, 0.29) is 22.9 Å². The summed E-state index contributed by atoms with van der Waals surface area (Å²) in [6.07, 6.45) is -0.0461. The summed E-state index contributed by atoms with van der Waals surface area (Å²) in [7, 11) is 1.61. The molecule has 0 aliphatic rings. The van der Waals surface area contributed by atoms with Gasteiger partial charge >= 0.3 is 0 Å². The van der Waals surface area contributed by atoms with Crippen molar-refractivity contribution in [2.45, 2.75) is 19.9 Å². The van der Waals surface area contributed by atoms with Gasteiger partial charge in [-0.2, -0.15) is 0 Å². The Labute approximate surface area is 140 Å². The number of ether oxygens (including phenoxy) is 1. The molecule has 0 aliphatic carbocycles. The molecule has 2 rings (SSSR count). The molecule has 0 radical (unpaired) electrons. The van der Waals surface area contributed by atoms with Crippen LogP contribution in [-0.2, 0) is 17.8 Å². The van der Waals surface area contributed by atoms with Crippen LogP contribution in [0.5, 0.6) is 5.75 Å². The molecular weight excluding hydrogens is 317 g/mol. The molecule has 0 spiro atoms. The Morgan fingerprint density at radius 3 is 2.48 bits per heavy atom. The van der Waals surface area contributed by atoms with Gasteiger partial charge in [0.25, 0.3) is 0 Å². The van der Waals surface area contributed by atoms with Crippen LogP contribution >= 0.6 is 11.6 Å². The van der Waals surface area contributed by atoms with Gasteiger partial charge in [0.15, 0.2) is 0 Å². The molecule has 0 N–H and O–H groups in total. The largest absolute Gasteiger partial charge is 0.497 e. The third-order valence-corrected chi connectivity index (χ3v) is 4.01. The SMILES string of the molecule is CCN(Cc1ccc(OC)cc1)C(=O)Cc1c(F)cccc1Cl. The van der Waals surface area contributed by atoms with Crippen LogP contribution in [0, 0.1) is 5.82 Å². The van der Waals surface area contributed by atoms with Gasteiger partial charge in [-0.25, -0.2) is 4.39 Å². The van der Waals surface area contributed by atoms with Gasteiger partial charge in [-0.3, -0.25) is 4.79 Å². The number of likely N-dealkylation sites (N-methyl/N-ethyl adjacent to an activating group) is 1. The summed E-state index contributed by atoms with van der Waals surface area (Å²) in [4.78, 5) is 14.1. The standard InChI is InChI=1S/C18H19ClFNO2/c1-3-21(12-13-7-9-14(23-2)10-8-13)18(22)11-15-16(19)5-4-6-17(15)20/h4-10H,3,11-12H2,1-2H3. The highest BCUT2D eigenvalue weighted by molar-refractivity contribution is 6.31. The molecule has 3 nitrogen and oxygen atoms in total. The molecule has 0 aliphatic heterocycles. The fraction of sp³-hybridized carbons (Fsp3) is 0.278. The minimum Gasteiger partial charge on any atom is -0.497 e. The van der Waals surface area contributed by atoms with Crippen LogP contribution in [0.15, 0.2) is 42.5 Å². The van der Waals surface area contributed by atoms with Gasteiger partial charge in [0.05, 0.1) is 13.5 Å². The Hall–Kier alpha value is -2.07. The van der Waals surface area contributed by atoms with Crippen LogP contribution in [0.3, 0.4) is 0 Å². The lowest BCUT2D eigenvalue weighted by Crippen LogP contribution is -2.31. The molecule has 2 aromatic carbocycles. The molecule has 0 fully saturated rings. The third-order valence-electron chi connectivity index (χ3n) is 3.66. The minimum absolute atomic E-state index is 0.0461. The number of hydrogen-bond acceptors (Lipinski definition) is 2. The van der Waals surface area contributed by atoms with Crippen LogP contribution in [0.2, 0.25) is 5.02 Å². The Bertz CT molecular complexity index is 653. The number of carbonyl (C=O) groups is 1. The Morgan fingerprint density at radius 2 is 1.91 bits per heavy atom. The summed E-state index contributed by atoms with van der Waals surface area (Å²) in [6.45, 7) is 2.90. The number of hydrogen-bond donors (Lipinski definition) is 0. The summed E-state index contributed by atoms with van der Waals surface area (Å²) < 4.78 is 18.9. The first-order chi connectivity index (χ1) is 11.0. The summed E-state index contributed by atoms with van der Waals surface area (Å²) in [5.41, 5.74) is 1.23. The molecule has 0 saturated heterocycles. The van der Waals surface area contributed by atoms with Crippen molar-refractivity contribution in [3.63, 3.8) is 0 Å². The second kappa shape index (κ2) is 7.97. The molecule has 0 heterocycles. The summed E-state index contributed by atoms with van der Waals surface area (Å²) in [6, 6.07) is 11.9. The monoisotopic (exact) mass is 335 g/mol. The fourth-order valence-corrected chi connectivity index (χ4v) is 2.52. The lowest BCUT2D eigenvalue weighted by atomic mass is 10.1. The van der Waals surface area contributed by atoms with E-state index < -0.39 is 5.82 Å². The Morgan fingerprint density at radius 1 is 1.22 bits per heavy atom. The smallest absolute Gasteiger partial charge is 0.227 e. The van der Waals surface area contributed by atoms with Gasteiger partial charge in [0, 0.05) is 23.7 Å². The van der Waals surface area contributed by atoms with Crippen LogP contribution in [-0.4, -0.2) is 24.5 Å². The molecule has 122 valence electrons. The summed E-state index contributed by atoms with van der Waals surface area (Å²) >= 11 is 5.99. The quantitative estimate of drug-likeness (QED) is 0.796. The van der Waals surface area contributed by atoms with Crippen molar-refractivity contribution in [3.8, 4) is 5.75 Å². The van der Waals surface area contributed by atoms with Crippen LogP contribution in [0.4, 0.5) is 4.39 Å². The molecular formula is C18H19ClFNO2. The van der Waals surface area contributed by atoms with E-state index in [9.17, 15) is 9.18 Å². The number of amides is 1. The van der Waals surface area contributed by atoms with E-state index >= 15 is 0 Å². The van der Waals surface area contributed by atoms with Gasteiger partial charge in [-0.15, -0.1) is 0 Å². The molecule has 0 aromatic heterocycles. The molecule has 0 atom stereocenters. The van der Waals surface area contributed by atoms with Crippen molar-refractivity contribution in [1.82, 2.24) is 4.90 Å². The fourth-order valence-electron chi connectivity index (χ4n) is 2.29. The highest BCUT2D eigenvalue weighted by Crippen LogP contribution is 2.21. The van der Waals surface area contributed by atoms with E-state index in [2.05, 4.69) is 0 Å². The zero-order valence-electron chi connectivity index (χ0n) is 13.2. The number of methoxy groups -OCH3 is 1. The molecule has 0 bridgehead atoms. The zero-order valence-corrected chi connectivity index (χ0v) is 13.9. The zero-order chi connectivity index (χ0) is 16.8. The van der Waals surface area contributed by atoms with Gasteiger partial charge in [0.1, 0.15) is 11.6 Å². The number of rotatable bonds is 6. The second-order valence-corrected chi connectivity index (χ2v) is 5.54. The molecule has 0 unspecified atom stereocenters. The first-order valence-electron chi connectivity index (χ1n) is 7.38. The van der Waals surface area contributed by atoms with Gasteiger partial charge in [0.2, 0.25) is 5.91 Å².